The largest absolute Gasteiger partial charge is 0.454 e. The van der Waals surface area contributed by atoms with Crippen LogP contribution in [0.1, 0.15) is 56.2 Å². The Hall–Kier alpha value is -4.01. The molecule has 2 aliphatic rings. The van der Waals surface area contributed by atoms with Gasteiger partial charge in [-0.25, -0.2) is 4.79 Å². The van der Waals surface area contributed by atoms with Gasteiger partial charge in [-0.2, -0.15) is 26.3 Å². The summed E-state index contributed by atoms with van der Waals surface area (Å²) < 4.78 is 90.8. The first-order chi connectivity index (χ1) is 20.1. The summed E-state index contributed by atoms with van der Waals surface area (Å²) in [6, 6.07) is 6.15. The Morgan fingerprint density at radius 2 is 1.70 bits per heavy atom. The van der Waals surface area contributed by atoms with Crippen LogP contribution in [-0.4, -0.2) is 53.5 Å². The molecule has 1 unspecified atom stereocenters. The topological polar surface area (TPSA) is 117 Å². The predicted molar refractivity (Wildman–Crippen MR) is 139 cm³/mol. The second-order valence-electron chi connectivity index (χ2n) is 10.2. The Morgan fingerprint density at radius 3 is 2.33 bits per heavy atom. The van der Waals surface area contributed by atoms with Crippen molar-refractivity contribution in [3.8, 4) is 11.5 Å². The molecule has 15 heteroatoms. The number of benzene rings is 2. The maximum Gasteiger partial charge on any atom is 0.430 e. The van der Waals surface area contributed by atoms with Crippen molar-refractivity contribution in [2.24, 2.45) is 0 Å². The number of amides is 4. The molecule has 0 radical (unpaired) electrons. The van der Waals surface area contributed by atoms with Gasteiger partial charge in [0, 0.05) is 24.2 Å². The summed E-state index contributed by atoms with van der Waals surface area (Å²) in [4.78, 5) is 39.8. The van der Waals surface area contributed by atoms with Crippen LogP contribution in [0, 0.1) is 0 Å². The molecule has 0 saturated carbocycles. The molecule has 234 valence electrons. The van der Waals surface area contributed by atoms with E-state index in [2.05, 4.69) is 10.6 Å². The number of anilines is 1. The van der Waals surface area contributed by atoms with Gasteiger partial charge in [-0.1, -0.05) is 38.5 Å². The summed E-state index contributed by atoms with van der Waals surface area (Å²) in [5.74, 6) is -0.235. The smallest absolute Gasteiger partial charge is 0.430 e. The van der Waals surface area contributed by atoms with Crippen molar-refractivity contribution >= 4 is 23.5 Å². The van der Waals surface area contributed by atoms with Crippen molar-refractivity contribution < 1.29 is 55.3 Å². The quantitative estimate of drug-likeness (QED) is 0.248. The number of urea groups is 1. The van der Waals surface area contributed by atoms with Gasteiger partial charge in [0.1, 0.15) is 5.54 Å². The third-order valence-electron chi connectivity index (χ3n) is 7.49. The molecule has 0 spiro atoms. The average Bonchev–Trinajstić information content (AvgIpc) is 3.50. The van der Waals surface area contributed by atoms with E-state index >= 15 is 0 Å². The van der Waals surface area contributed by atoms with Gasteiger partial charge in [0.25, 0.3) is 11.5 Å². The zero-order valence-electron chi connectivity index (χ0n) is 23.1. The van der Waals surface area contributed by atoms with E-state index < -0.39 is 46.9 Å². The van der Waals surface area contributed by atoms with Crippen molar-refractivity contribution in [3.05, 3.63) is 53.1 Å². The van der Waals surface area contributed by atoms with Gasteiger partial charge < -0.3 is 25.2 Å². The highest BCUT2D eigenvalue weighted by molar-refractivity contribution is 6.07. The lowest BCUT2D eigenvalue weighted by molar-refractivity contribution is -0.376. The number of nitrogens with zero attached hydrogens (tertiary/aromatic N) is 1. The van der Waals surface area contributed by atoms with Crippen LogP contribution in [0.3, 0.4) is 0 Å². The number of hydrogen-bond donors (Lipinski definition) is 3. The number of carbonyl (C=O) groups is 3. The number of fused-ring (bicyclic) bond motifs is 1. The third kappa shape index (κ3) is 5.69. The molecule has 4 rings (SSSR count). The molecule has 2 heterocycles. The number of ether oxygens (including phenoxy) is 2. The van der Waals surface area contributed by atoms with Gasteiger partial charge in [-0.15, -0.1) is 0 Å². The summed E-state index contributed by atoms with van der Waals surface area (Å²) in [6.45, 7) is 3.26. The van der Waals surface area contributed by atoms with E-state index in [0.717, 1.165) is 11.0 Å². The molecule has 1 saturated heterocycles. The second kappa shape index (κ2) is 11.6. The molecule has 0 aliphatic carbocycles. The van der Waals surface area contributed by atoms with Crippen LogP contribution < -0.4 is 20.1 Å². The van der Waals surface area contributed by atoms with Crippen molar-refractivity contribution in [1.82, 2.24) is 10.2 Å². The molecule has 2 aromatic rings. The van der Waals surface area contributed by atoms with Gasteiger partial charge in [0.05, 0.1) is 0 Å². The van der Waals surface area contributed by atoms with Crippen LogP contribution in [0.4, 0.5) is 36.8 Å². The number of hydrogen-bond acceptors (Lipinski definition) is 6. The maximum absolute atomic E-state index is 13.4. The zero-order valence-corrected chi connectivity index (χ0v) is 23.1. The highest BCUT2D eigenvalue weighted by atomic mass is 19.4. The molecule has 1 atom stereocenters. The summed E-state index contributed by atoms with van der Waals surface area (Å²) >= 11 is 0. The normalized spacial score (nSPS) is 18.7. The van der Waals surface area contributed by atoms with Crippen molar-refractivity contribution in [2.45, 2.75) is 69.4 Å². The van der Waals surface area contributed by atoms with Gasteiger partial charge in [0.15, 0.2) is 11.5 Å². The predicted octanol–water partition coefficient (Wildman–Crippen LogP) is 5.26. The Bertz CT molecular complexity index is 1400. The van der Waals surface area contributed by atoms with Gasteiger partial charge in [0.2, 0.25) is 12.7 Å². The fraction of sp³-hybridized carbons (Fsp3) is 0.464. The van der Waals surface area contributed by atoms with Crippen LogP contribution in [-0.2, 0) is 27.1 Å². The number of rotatable bonds is 10. The van der Waals surface area contributed by atoms with Crippen LogP contribution in [0.2, 0.25) is 0 Å². The van der Waals surface area contributed by atoms with Crippen molar-refractivity contribution in [3.63, 3.8) is 0 Å². The molecular formula is C28H29F6N3O6. The summed E-state index contributed by atoms with van der Waals surface area (Å²) in [7, 11) is 0. The first-order valence-electron chi connectivity index (χ1n) is 13.4. The van der Waals surface area contributed by atoms with Gasteiger partial charge in [-0.3, -0.25) is 14.5 Å². The van der Waals surface area contributed by atoms with E-state index in [1.54, 1.807) is 32.0 Å². The molecular weight excluding hydrogens is 588 g/mol. The Morgan fingerprint density at radius 1 is 1.02 bits per heavy atom. The number of aryl methyl sites for hydroxylation is 1. The second-order valence-corrected chi connectivity index (χ2v) is 10.2. The minimum atomic E-state index is -6.04. The molecule has 0 aromatic heterocycles. The lowest BCUT2D eigenvalue weighted by atomic mass is 9.87. The minimum Gasteiger partial charge on any atom is -0.454 e. The van der Waals surface area contributed by atoms with Crippen LogP contribution in [0.15, 0.2) is 36.4 Å². The maximum atomic E-state index is 13.4. The number of halogens is 6. The van der Waals surface area contributed by atoms with Gasteiger partial charge >= 0.3 is 18.4 Å². The van der Waals surface area contributed by atoms with E-state index in [4.69, 9.17) is 9.47 Å². The SMILES string of the molecule is CCCc1cc(C(O)(C(F)(F)F)C(F)(F)F)ccc1NC(=O)CCCN1C(=O)NC(CC)(c2ccc3c(c2)OCO3)C1=O. The molecule has 4 amide bonds. The third-order valence-corrected chi connectivity index (χ3v) is 7.49. The van der Waals surface area contributed by atoms with Crippen LogP contribution >= 0.6 is 0 Å². The first-order valence-corrected chi connectivity index (χ1v) is 13.4. The molecule has 0 bridgehead atoms. The number of carbonyl (C=O) groups excluding carboxylic acids is 3. The number of alkyl halides is 6. The monoisotopic (exact) mass is 617 g/mol. The summed E-state index contributed by atoms with van der Waals surface area (Å²) in [5, 5.41) is 14.9. The molecule has 2 aromatic carbocycles. The summed E-state index contributed by atoms with van der Waals surface area (Å²) in [5.41, 5.74) is -7.44. The minimum absolute atomic E-state index is 0.0106. The number of imide groups is 1. The highest BCUT2D eigenvalue weighted by Gasteiger charge is 2.71. The van der Waals surface area contributed by atoms with E-state index in [1.807, 2.05) is 0 Å². The molecule has 1 fully saturated rings. The number of aliphatic hydroxyl groups is 1. The Kier molecular flexibility index (Phi) is 8.60. The van der Waals surface area contributed by atoms with Crippen molar-refractivity contribution in [2.75, 3.05) is 18.7 Å². The van der Waals surface area contributed by atoms with Crippen LogP contribution in [0.5, 0.6) is 11.5 Å². The lowest BCUT2D eigenvalue weighted by Gasteiger charge is -2.33. The molecule has 43 heavy (non-hydrogen) atoms. The van der Waals surface area contributed by atoms with E-state index in [0.29, 0.717) is 35.6 Å². The lowest BCUT2D eigenvalue weighted by Crippen LogP contribution is -2.54. The Labute approximate surface area is 242 Å². The Balaban J connectivity index is 1.44. The number of nitrogens with one attached hydrogen (secondary N) is 2. The van der Waals surface area contributed by atoms with Crippen LogP contribution in [0.25, 0.3) is 0 Å². The van der Waals surface area contributed by atoms with E-state index in [1.165, 1.54) is 0 Å². The van der Waals surface area contributed by atoms with Gasteiger partial charge in [-0.05, 0) is 48.6 Å². The molecule has 9 nitrogen and oxygen atoms in total. The fourth-order valence-electron chi connectivity index (χ4n) is 5.15. The van der Waals surface area contributed by atoms with Crippen molar-refractivity contribution in [1.29, 1.82) is 0 Å². The molecule has 3 N–H and O–H groups in total. The highest BCUT2D eigenvalue weighted by Crippen LogP contribution is 2.50. The zero-order chi connectivity index (χ0) is 31.8. The average molecular weight is 618 g/mol. The standard InChI is InChI=1S/C28H29F6N3O6/c1-3-6-16-13-18(26(41,27(29,30)31)28(32,33)34)8-10-19(16)35-22(38)7-5-12-37-23(39)25(4-2,36-24(37)40)17-9-11-20-21(14-17)43-15-42-20/h8-11,13-14,41H,3-7,12,15H2,1-2H3,(H,35,38)(H,36,40). The molecule has 2 aliphatic heterocycles. The van der Waals surface area contributed by atoms with E-state index in [9.17, 15) is 45.8 Å². The fourth-order valence-corrected chi connectivity index (χ4v) is 5.15. The van der Waals surface area contributed by atoms with E-state index in [-0.39, 0.29) is 50.3 Å². The first kappa shape index (κ1) is 31.9. The summed E-state index contributed by atoms with van der Waals surface area (Å²) in [6.07, 6.45) is -11.7.